The average molecular weight is 227 g/mol. The van der Waals surface area contributed by atoms with Gasteiger partial charge in [0.1, 0.15) is 0 Å². The van der Waals surface area contributed by atoms with Crippen molar-refractivity contribution in [2.45, 2.75) is 38.1 Å². The lowest BCUT2D eigenvalue weighted by molar-refractivity contribution is -0.143. The summed E-state index contributed by atoms with van der Waals surface area (Å²) in [4.78, 5) is 14.0. The molecule has 1 amide bonds. The lowest BCUT2D eigenvalue weighted by Gasteiger charge is -2.37. The summed E-state index contributed by atoms with van der Waals surface area (Å²) >= 11 is 0. The third kappa shape index (κ3) is 1.84. The van der Waals surface area contributed by atoms with Crippen molar-refractivity contribution >= 4 is 5.91 Å². The number of amides is 1. The van der Waals surface area contributed by atoms with E-state index in [0.717, 1.165) is 19.3 Å². The van der Waals surface area contributed by atoms with E-state index < -0.39 is 5.54 Å². The number of carbonyl (C=O) groups is 1. The molecule has 92 valence electrons. The fraction of sp³-hybridized carbons (Fsp3) is 0.917. The number of hydrogen-bond acceptors (Lipinski definition) is 3. The second-order valence-corrected chi connectivity index (χ2v) is 5.26. The topological polar surface area (TPSA) is 60.8 Å². The number of rotatable bonds is 4. The van der Waals surface area contributed by atoms with E-state index in [-0.39, 0.29) is 25.0 Å². The molecule has 0 bridgehead atoms. The highest BCUT2D eigenvalue weighted by atomic mass is 16.3. The third-order valence-electron chi connectivity index (χ3n) is 4.17. The number of carbonyl (C=O) groups excluding carboxylic acids is 1. The molecular weight excluding hydrogens is 206 g/mol. The highest BCUT2D eigenvalue weighted by molar-refractivity contribution is 5.80. The van der Waals surface area contributed by atoms with Gasteiger partial charge in [-0.1, -0.05) is 6.92 Å². The smallest absolute Gasteiger partial charge is 0.226 e. The molecule has 16 heavy (non-hydrogen) atoms. The number of aliphatic hydroxyl groups is 2. The van der Waals surface area contributed by atoms with E-state index in [9.17, 15) is 15.0 Å². The van der Waals surface area contributed by atoms with E-state index in [2.05, 4.69) is 0 Å². The fourth-order valence-corrected chi connectivity index (χ4v) is 2.70. The Hall–Kier alpha value is -0.610. The first-order valence-corrected chi connectivity index (χ1v) is 6.18. The summed E-state index contributed by atoms with van der Waals surface area (Å²) in [6.07, 6.45) is 3.88. The number of likely N-dealkylation sites (tertiary alicyclic amines) is 1. The monoisotopic (exact) mass is 227 g/mol. The Kier molecular flexibility index (Phi) is 3.22. The van der Waals surface area contributed by atoms with Crippen molar-refractivity contribution in [3.8, 4) is 0 Å². The first-order chi connectivity index (χ1) is 7.64. The largest absolute Gasteiger partial charge is 0.394 e. The molecule has 2 fully saturated rings. The zero-order valence-electron chi connectivity index (χ0n) is 9.85. The quantitative estimate of drug-likeness (QED) is 0.730. The Morgan fingerprint density at radius 1 is 1.44 bits per heavy atom. The molecule has 1 heterocycles. The molecule has 2 rings (SSSR count). The van der Waals surface area contributed by atoms with Crippen molar-refractivity contribution in [2.24, 2.45) is 11.8 Å². The summed E-state index contributed by atoms with van der Waals surface area (Å²) in [7, 11) is 0. The van der Waals surface area contributed by atoms with Gasteiger partial charge in [-0.15, -0.1) is 0 Å². The molecule has 1 saturated carbocycles. The number of aliphatic hydroxyl groups excluding tert-OH is 2. The standard InChI is InChI=1S/C12H21NO3/c1-9(10-3-4-10)11(16)13-6-2-5-12(13,7-14)8-15/h9-10,14-15H,2-8H2,1H3. The lowest BCUT2D eigenvalue weighted by Crippen LogP contribution is -2.54. The average Bonchev–Trinajstić information content (AvgIpc) is 3.07. The van der Waals surface area contributed by atoms with Crippen molar-refractivity contribution in [1.29, 1.82) is 0 Å². The van der Waals surface area contributed by atoms with Crippen molar-refractivity contribution in [2.75, 3.05) is 19.8 Å². The number of nitrogens with zero attached hydrogens (tertiary/aromatic N) is 1. The Labute approximate surface area is 96.3 Å². The first kappa shape index (κ1) is 11.9. The zero-order valence-corrected chi connectivity index (χ0v) is 9.85. The van der Waals surface area contributed by atoms with Crippen molar-refractivity contribution in [3.05, 3.63) is 0 Å². The van der Waals surface area contributed by atoms with Gasteiger partial charge in [-0.3, -0.25) is 4.79 Å². The summed E-state index contributed by atoms with van der Waals surface area (Å²) in [5.74, 6) is 0.696. The number of hydrogen-bond donors (Lipinski definition) is 2. The van der Waals surface area contributed by atoms with Crippen molar-refractivity contribution in [1.82, 2.24) is 4.90 Å². The van der Waals surface area contributed by atoms with Crippen LogP contribution in [0.15, 0.2) is 0 Å². The summed E-state index contributed by atoms with van der Waals surface area (Å²) in [5, 5.41) is 18.8. The van der Waals surface area contributed by atoms with Gasteiger partial charge in [0.25, 0.3) is 0 Å². The van der Waals surface area contributed by atoms with Gasteiger partial charge in [0.05, 0.1) is 18.8 Å². The maximum atomic E-state index is 12.3. The molecule has 0 aromatic rings. The molecule has 4 nitrogen and oxygen atoms in total. The van der Waals surface area contributed by atoms with Crippen LogP contribution >= 0.6 is 0 Å². The Balaban J connectivity index is 2.09. The van der Waals surface area contributed by atoms with Crippen molar-refractivity contribution in [3.63, 3.8) is 0 Å². The zero-order chi connectivity index (χ0) is 11.8. The minimum atomic E-state index is -0.694. The van der Waals surface area contributed by atoms with E-state index in [1.807, 2.05) is 6.92 Å². The summed E-state index contributed by atoms with van der Waals surface area (Å²) in [6.45, 7) is 2.38. The SMILES string of the molecule is CC(C(=O)N1CCCC1(CO)CO)C1CC1. The molecule has 1 aliphatic carbocycles. The Morgan fingerprint density at radius 3 is 2.56 bits per heavy atom. The molecule has 4 heteroatoms. The summed E-state index contributed by atoms with van der Waals surface area (Å²) in [6, 6.07) is 0. The molecule has 1 atom stereocenters. The van der Waals surface area contributed by atoms with Crippen LogP contribution in [0, 0.1) is 11.8 Å². The molecule has 0 aromatic carbocycles. The second kappa shape index (κ2) is 4.34. The summed E-state index contributed by atoms with van der Waals surface area (Å²) in [5.41, 5.74) is -0.694. The van der Waals surface area contributed by atoms with Crippen LogP contribution in [-0.2, 0) is 4.79 Å². The van der Waals surface area contributed by atoms with E-state index in [4.69, 9.17) is 0 Å². The van der Waals surface area contributed by atoms with E-state index in [1.54, 1.807) is 4.90 Å². The van der Waals surface area contributed by atoms with Crippen LogP contribution in [0.25, 0.3) is 0 Å². The highest BCUT2D eigenvalue weighted by Crippen LogP contribution is 2.39. The normalized spacial score (nSPS) is 25.8. The van der Waals surface area contributed by atoms with Gasteiger partial charge in [-0.25, -0.2) is 0 Å². The van der Waals surface area contributed by atoms with Gasteiger partial charge in [0, 0.05) is 12.5 Å². The van der Waals surface area contributed by atoms with Gasteiger partial charge < -0.3 is 15.1 Å². The minimum Gasteiger partial charge on any atom is -0.394 e. The first-order valence-electron chi connectivity index (χ1n) is 6.18. The van der Waals surface area contributed by atoms with Gasteiger partial charge in [-0.05, 0) is 31.6 Å². The van der Waals surface area contributed by atoms with Crippen LogP contribution in [0.4, 0.5) is 0 Å². The maximum absolute atomic E-state index is 12.3. The third-order valence-corrected chi connectivity index (χ3v) is 4.17. The van der Waals surface area contributed by atoms with Crippen LogP contribution in [0.3, 0.4) is 0 Å². The molecule has 1 unspecified atom stereocenters. The van der Waals surface area contributed by atoms with Gasteiger partial charge in [0.2, 0.25) is 5.91 Å². The predicted molar refractivity (Wildman–Crippen MR) is 59.7 cm³/mol. The highest BCUT2D eigenvalue weighted by Gasteiger charge is 2.46. The van der Waals surface area contributed by atoms with Crippen LogP contribution in [0.5, 0.6) is 0 Å². The minimum absolute atomic E-state index is 0.0515. The second-order valence-electron chi connectivity index (χ2n) is 5.26. The van der Waals surface area contributed by atoms with Crippen LogP contribution in [0.1, 0.15) is 32.6 Å². The molecule has 2 N–H and O–H groups in total. The van der Waals surface area contributed by atoms with Gasteiger partial charge >= 0.3 is 0 Å². The van der Waals surface area contributed by atoms with Gasteiger partial charge in [0.15, 0.2) is 0 Å². The molecule has 0 aromatic heterocycles. The maximum Gasteiger partial charge on any atom is 0.226 e. The predicted octanol–water partition coefficient (Wildman–Crippen LogP) is 0.378. The van der Waals surface area contributed by atoms with Gasteiger partial charge in [-0.2, -0.15) is 0 Å². The van der Waals surface area contributed by atoms with Crippen LogP contribution in [0.2, 0.25) is 0 Å². The Morgan fingerprint density at radius 2 is 2.06 bits per heavy atom. The van der Waals surface area contributed by atoms with Crippen LogP contribution in [-0.4, -0.2) is 46.3 Å². The van der Waals surface area contributed by atoms with E-state index in [1.165, 1.54) is 0 Å². The molecule has 0 radical (unpaired) electrons. The van der Waals surface area contributed by atoms with E-state index >= 15 is 0 Å². The van der Waals surface area contributed by atoms with Crippen LogP contribution < -0.4 is 0 Å². The lowest BCUT2D eigenvalue weighted by atomic mass is 9.96. The fourth-order valence-electron chi connectivity index (χ4n) is 2.70. The van der Waals surface area contributed by atoms with Crippen molar-refractivity contribution < 1.29 is 15.0 Å². The van der Waals surface area contributed by atoms with E-state index in [0.29, 0.717) is 18.9 Å². The Bertz CT molecular complexity index is 271. The molecule has 1 aliphatic heterocycles. The molecular formula is C12H21NO3. The molecule has 0 spiro atoms. The summed E-state index contributed by atoms with van der Waals surface area (Å²) < 4.78 is 0. The molecule has 1 saturated heterocycles. The molecule has 2 aliphatic rings.